The number of nitrogens with zero attached hydrogens (tertiary/aromatic N) is 2. The van der Waals surface area contributed by atoms with Gasteiger partial charge in [0.1, 0.15) is 6.04 Å². The molecule has 14 nitrogen and oxygen atoms in total. The number of fused-ring (bicyclic) bond motifs is 2. The number of likely N-dealkylation sites (tertiary alicyclic amines) is 1. The number of hydrogen-bond donors (Lipinski definition) is 4. The van der Waals surface area contributed by atoms with E-state index in [1.165, 1.54) is 6.92 Å². The van der Waals surface area contributed by atoms with Crippen LogP contribution >= 0.6 is 11.8 Å². The summed E-state index contributed by atoms with van der Waals surface area (Å²) in [4.78, 5) is 89.8. The molecular weight excluding hydrogens is 727 g/mol. The molecule has 0 saturated carbocycles. The Morgan fingerprint density at radius 2 is 1.62 bits per heavy atom. The Kier molecular flexibility index (Phi) is 14.6. The van der Waals surface area contributed by atoms with E-state index >= 15 is 0 Å². The molecule has 6 amide bonds. The van der Waals surface area contributed by atoms with Crippen molar-refractivity contribution in [2.45, 2.75) is 95.7 Å². The number of carboxylic acid groups (broad SMARTS) is 1. The molecule has 2 aromatic carbocycles. The number of hydrogen-bond acceptors (Lipinski definition) is 9. The van der Waals surface area contributed by atoms with Crippen LogP contribution in [0, 0.1) is 11.8 Å². The molecule has 2 atom stereocenters. The molecule has 294 valence electrons. The Hall–Kier alpha value is -5.20. The van der Waals surface area contributed by atoms with Gasteiger partial charge in [-0.1, -0.05) is 42.2 Å². The molecule has 0 aromatic heterocycles. The molecule has 15 heteroatoms. The molecule has 1 saturated heterocycles. The highest BCUT2D eigenvalue weighted by Gasteiger charge is 2.40. The first-order valence-corrected chi connectivity index (χ1v) is 19.2. The van der Waals surface area contributed by atoms with Gasteiger partial charge in [-0.25, -0.2) is 4.79 Å². The minimum atomic E-state index is -1.25. The number of carbonyl (C=O) groups excluding carboxylic acids is 6. The van der Waals surface area contributed by atoms with Gasteiger partial charge in [0.2, 0.25) is 35.4 Å². The van der Waals surface area contributed by atoms with E-state index in [0.717, 1.165) is 39.0 Å². The lowest BCUT2D eigenvalue weighted by molar-refractivity contribution is -0.141. The highest BCUT2D eigenvalue weighted by Crippen LogP contribution is 2.27. The second kappa shape index (κ2) is 18.9. The van der Waals surface area contributed by atoms with E-state index in [0.29, 0.717) is 13.0 Å². The van der Waals surface area contributed by atoms with Crippen molar-refractivity contribution in [2.24, 2.45) is 0 Å². The van der Waals surface area contributed by atoms with Crippen LogP contribution in [0.15, 0.2) is 48.5 Å². The summed E-state index contributed by atoms with van der Waals surface area (Å²) in [5, 5.41) is 16.5. The maximum Gasteiger partial charge on any atom is 0.327 e. The van der Waals surface area contributed by atoms with Crippen LogP contribution in [-0.4, -0.2) is 99.3 Å². The number of thioether (sulfide) groups is 1. The van der Waals surface area contributed by atoms with Gasteiger partial charge in [-0.2, -0.15) is 0 Å². The second-order valence-corrected chi connectivity index (χ2v) is 16.0. The summed E-state index contributed by atoms with van der Waals surface area (Å²) in [6, 6.07) is 14.0. The first-order chi connectivity index (χ1) is 25.9. The first-order valence-electron chi connectivity index (χ1n) is 18.1. The quantitative estimate of drug-likeness (QED) is 0.129. The number of para-hydroxylation sites is 1. The summed E-state index contributed by atoms with van der Waals surface area (Å²) in [7, 11) is 0. The average molecular weight is 776 g/mol. The minimum Gasteiger partial charge on any atom is -0.480 e. The van der Waals surface area contributed by atoms with Crippen molar-refractivity contribution >= 4 is 58.9 Å². The highest BCUT2D eigenvalue weighted by atomic mass is 32.2. The normalized spacial score (nSPS) is 15.8. The molecule has 1 unspecified atom stereocenters. The van der Waals surface area contributed by atoms with E-state index in [2.05, 4.69) is 27.8 Å². The number of benzene rings is 2. The molecule has 0 spiro atoms. The fraction of sp³-hybridized carbons (Fsp3) is 0.475. The van der Waals surface area contributed by atoms with E-state index in [1.807, 2.05) is 62.4 Å². The fourth-order valence-electron chi connectivity index (χ4n) is 5.94. The summed E-state index contributed by atoms with van der Waals surface area (Å²) in [6.07, 6.45) is 0.379. The van der Waals surface area contributed by atoms with Gasteiger partial charge in [-0.15, -0.1) is 11.8 Å². The van der Waals surface area contributed by atoms with Gasteiger partial charge in [-0.05, 0) is 57.9 Å². The van der Waals surface area contributed by atoms with Gasteiger partial charge >= 0.3 is 5.97 Å². The zero-order valence-corrected chi connectivity index (χ0v) is 32.7. The van der Waals surface area contributed by atoms with Crippen molar-refractivity contribution in [3.8, 4) is 11.8 Å². The third-order valence-electron chi connectivity index (χ3n) is 8.99. The third kappa shape index (κ3) is 12.7. The lowest BCUT2D eigenvalue weighted by atomic mass is 10.0. The Morgan fingerprint density at radius 1 is 0.945 bits per heavy atom. The van der Waals surface area contributed by atoms with Crippen LogP contribution in [0.3, 0.4) is 0 Å². The number of nitrogens with one attached hydrogen (secondary N) is 3. The van der Waals surface area contributed by atoms with E-state index in [9.17, 15) is 38.7 Å². The van der Waals surface area contributed by atoms with Crippen molar-refractivity contribution in [1.29, 1.82) is 0 Å². The van der Waals surface area contributed by atoms with Crippen LogP contribution in [0.4, 0.5) is 5.69 Å². The molecule has 2 aliphatic rings. The highest BCUT2D eigenvalue weighted by molar-refractivity contribution is 8.00. The van der Waals surface area contributed by atoms with Gasteiger partial charge < -0.3 is 30.7 Å². The molecule has 0 bridgehead atoms. The number of anilines is 1. The molecule has 2 aromatic rings. The van der Waals surface area contributed by atoms with Crippen LogP contribution in [0.1, 0.15) is 83.4 Å². The molecule has 0 aliphatic carbocycles. The lowest BCUT2D eigenvalue weighted by Crippen LogP contribution is -2.49. The van der Waals surface area contributed by atoms with Crippen LogP contribution in [0.2, 0.25) is 0 Å². The summed E-state index contributed by atoms with van der Waals surface area (Å²) < 4.78 is 6.11. The summed E-state index contributed by atoms with van der Waals surface area (Å²) in [6.45, 7) is 8.94. The zero-order valence-electron chi connectivity index (χ0n) is 31.9. The number of aliphatic carboxylic acids is 1. The van der Waals surface area contributed by atoms with Crippen LogP contribution in [-0.2, 0) is 44.8 Å². The zero-order chi connectivity index (χ0) is 40.3. The van der Waals surface area contributed by atoms with Gasteiger partial charge in [-0.3, -0.25) is 33.7 Å². The molecule has 0 radical (unpaired) electrons. The molecule has 4 rings (SSSR count). The topological polar surface area (TPSA) is 192 Å². The predicted molar refractivity (Wildman–Crippen MR) is 207 cm³/mol. The monoisotopic (exact) mass is 775 g/mol. The minimum absolute atomic E-state index is 0.0926. The molecule has 1 fully saturated rings. The summed E-state index contributed by atoms with van der Waals surface area (Å²) >= 11 is 0.976. The predicted octanol–water partition coefficient (Wildman–Crippen LogP) is 2.75. The maximum atomic E-state index is 13.4. The van der Waals surface area contributed by atoms with E-state index in [1.54, 1.807) is 18.7 Å². The Labute approximate surface area is 325 Å². The maximum absolute atomic E-state index is 13.4. The third-order valence-corrected chi connectivity index (χ3v) is 10.3. The molecule has 2 heterocycles. The summed E-state index contributed by atoms with van der Waals surface area (Å²) in [5.41, 5.74) is 1.76. The fourth-order valence-corrected chi connectivity index (χ4v) is 7.12. The second-order valence-electron chi connectivity index (χ2n) is 14.7. The van der Waals surface area contributed by atoms with Crippen molar-refractivity contribution in [3.63, 3.8) is 0 Å². The van der Waals surface area contributed by atoms with Gasteiger partial charge in [0.05, 0.1) is 35.2 Å². The average Bonchev–Trinajstić information content (AvgIpc) is 3.39. The van der Waals surface area contributed by atoms with Crippen LogP contribution in [0.5, 0.6) is 0 Å². The van der Waals surface area contributed by atoms with Gasteiger partial charge in [0.15, 0.2) is 0 Å². The number of carboxylic acids is 1. The smallest absolute Gasteiger partial charge is 0.327 e. The Balaban J connectivity index is 1.17. The summed E-state index contributed by atoms with van der Waals surface area (Å²) in [5.74, 6) is 2.81. The molecular formula is C40H49N5O9S. The van der Waals surface area contributed by atoms with Gasteiger partial charge in [0.25, 0.3) is 0 Å². The van der Waals surface area contributed by atoms with Gasteiger partial charge in [0, 0.05) is 62.6 Å². The molecule has 2 aliphatic heterocycles. The number of rotatable bonds is 18. The van der Waals surface area contributed by atoms with Crippen molar-refractivity contribution in [1.82, 2.24) is 20.9 Å². The SMILES string of the molecule is CC(=O)N[C@@H](CSC1CC(=O)N(CCC(=O)NC(C)(C)COC(C)(C)CCC(=O)NCCC(=O)N2Cc3ccccc3C#Cc3ccccc32)C1=O)C(=O)O. The van der Waals surface area contributed by atoms with E-state index in [-0.39, 0.29) is 62.9 Å². The standard InChI is InChI=1S/C40H49N5O9S/c1-26(46)42-30(38(52)53)24-55-32-22-36(50)44(37(32)51)21-18-34(48)43-39(2,3)25-54-40(4,5)19-16-33(47)41-20-17-35(49)45-23-29-12-7-6-10-27(29)14-15-28-11-8-9-13-31(28)45/h6-13,30,32H,16-25H2,1-5H3,(H,41,47)(H,42,46)(H,43,48)(H,52,53)/t30-,32?/m0/s1. The number of ether oxygens (including phenoxy) is 1. The Bertz CT molecular complexity index is 1870. The van der Waals surface area contributed by atoms with Crippen molar-refractivity contribution in [2.75, 3.05) is 30.3 Å². The van der Waals surface area contributed by atoms with Crippen molar-refractivity contribution < 1.29 is 43.4 Å². The van der Waals surface area contributed by atoms with Crippen LogP contribution in [0.25, 0.3) is 0 Å². The molecule has 4 N–H and O–H groups in total. The number of carbonyl (C=O) groups is 7. The van der Waals surface area contributed by atoms with E-state index in [4.69, 9.17) is 4.74 Å². The Morgan fingerprint density at radius 3 is 2.33 bits per heavy atom. The largest absolute Gasteiger partial charge is 0.480 e. The molecule has 55 heavy (non-hydrogen) atoms. The lowest BCUT2D eigenvalue weighted by Gasteiger charge is -2.32. The number of amides is 6. The number of imide groups is 1. The first kappa shape index (κ1) is 42.5. The van der Waals surface area contributed by atoms with Crippen LogP contribution < -0.4 is 20.9 Å². The van der Waals surface area contributed by atoms with Crippen molar-refractivity contribution in [3.05, 3.63) is 65.2 Å². The van der Waals surface area contributed by atoms with E-state index < -0.39 is 52.0 Å².